The molecule has 1 N–H and O–H groups in total. The Morgan fingerprint density at radius 1 is 1.06 bits per heavy atom. The Labute approximate surface area is 220 Å². The first-order chi connectivity index (χ1) is 16.1. The van der Waals surface area contributed by atoms with E-state index in [4.69, 9.17) is 4.74 Å². The Hall–Kier alpha value is -2.04. The molecule has 3 aliphatic carbocycles. The number of allylic oxidation sites excluding steroid dienone is 6. The Balaban J connectivity index is 1.78. The fourth-order valence-corrected chi connectivity index (χ4v) is 7.10. The van der Waals surface area contributed by atoms with Crippen LogP contribution in [0.25, 0.3) is 0 Å². The van der Waals surface area contributed by atoms with Gasteiger partial charge in [-0.05, 0) is 78.2 Å². The molecule has 1 aromatic rings. The molecule has 0 aromatic heterocycles. The van der Waals surface area contributed by atoms with Crippen molar-refractivity contribution in [1.29, 1.82) is 0 Å². The highest BCUT2D eigenvalue weighted by Gasteiger charge is 2.55. The van der Waals surface area contributed by atoms with Crippen molar-refractivity contribution in [2.45, 2.75) is 18.8 Å². The van der Waals surface area contributed by atoms with Gasteiger partial charge < -0.3 is 9.84 Å². The molecular formula is C24H18Br3NO6. The smallest absolute Gasteiger partial charge is 0.233 e. The van der Waals surface area contributed by atoms with Crippen LogP contribution in [0.5, 0.6) is 11.5 Å². The molecule has 10 heteroatoms. The van der Waals surface area contributed by atoms with Crippen molar-refractivity contribution >= 4 is 71.2 Å². The number of fused-ring (bicyclic) bond motifs is 3. The number of nitrogens with zero attached hydrogens (tertiary/aromatic N) is 1. The maximum atomic E-state index is 13.3. The number of likely N-dealkylation sites (tertiary alicyclic amines) is 1. The third kappa shape index (κ3) is 3.18. The number of aromatic hydroxyl groups is 1. The van der Waals surface area contributed by atoms with Crippen LogP contribution in [0.3, 0.4) is 0 Å². The summed E-state index contributed by atoms with van der Waals surface area (Å²) in [7, 11) is 2.91. The largest absolute Gasteiger partial charge is 0.503 e. The van der Waals surface area contributed by atoms with Gasteiger partial charge in [0.25, 0.3) is 0 Å². The molecule has 7 nitrogen and oxygen atoms in total. The summed E-state index contributed by atoms with van der Waals surface area (Å²) in [6.45, 7) is 0. The number of benzene rings is 1. The number of ketones is 2. The van der Waals surface area contributed by atoms with Gasteiger partial charge in [-0.25, -0.2) is 0 Å². The number of hydrogen-bond donors (Lipinski definition) is 1. The van der Waals surface area contributed by atoms with Crippen LogP contribution in [0.1, 0.15) is 24.3 Å². The Bertz CT molecular complexity index is 1310. The lowest BCUT2D eigenvalue weighted by atomic mass is 9.59. The summed E-state index contributed by atoms with van der Waals surface area (Å²) in [5.41, 5.74) is 2.13. The summed E-state index contributed by atoms with van der Waals surface area (Å²) in [6, 6.07) is 1.63. The molecule has 5 rings (SSSR count). The number of ether oxygens (including phenoxy) is 1. The second kappa shape index (κ2) is 8.27. The molecule has 1 heterocycles. The predicted molar refractivity (Wildman–Crippen MR) is 132 cm³/mol. The zero-order valence-corrected chi connectivity index (χ0v) is 22.8. The van der Waals surface area contributed by atoms with Crippen LogP contribution in [0.2, 0.25) is 0 Å². The minimum absolute atomic E-state index is 0.107. The van der Waals surface area contributed by atoms with E-state index >= 15 is 0 Å². The maximum absolute atomic E-state index is 13.3. The second-order valence-corrected chi connectivity index (χ2v) is 11.2. The molecule has 4 aliphatic rings. The van der Waals surface area contributed by atoms with E-state index in [1.165, 1.54) is 25.1 Å². The highest BCUT2D eigenvalue weighted by molar-refractivity contribution is 9.13. The number of halogens is 3. The van der Waals surface area contributed by atoms with Gasteiger partial charge in [0.15, 0.2) is 23.1 Å². The molecule has 4 atom stereocenters. The molecule has 0 spiro atoms. The lowest BCUT2D eigenvalue weighted by Crippen LogP contribution is -2.39. The number of hydrogen-bond acceptors (Lipinski definition) is 6. The van der Waals surface area contributed by atoms with Crippen molar-refractivity contribution in [3.05, 3.63) is 53.9 Å². The third-order valence-corrected chi connectivity index (χ3v) is 10.0. The van der Waals surface area contributed by atoms with Crippen molar-refractivity contribution in [2.75, 3.05) is 14.2 Å². The van der Waals surface area contributed by atoms with E-state index in [9.17, 15) is 24.3 Å². The van der Waals surface area contributed by atoms with Crippen LogP contribution in [-0.4, -0.2) is 47.5 Å². The molecule has 2 amide bonds. The van der Waals surface area contributed by atoms with Gasteiger partial charge in [0.05, 0.1) is 27.9 Å². The molecule has 1 fully saturated rings. The van der Waals surface area contributed by atoms with Crippen molar-refractivity contribution in [2.24, 2.45) is 17.8 Å². The lowest BCUT2D eigenvalue weighted by molar-refractivity contribution is -0.138. The molecule has 0 bridgehead atoms. The molecule has 4 unspecified atom stereocenters. The number of carbonyl (C=O) groups excluding carboxylic acids is 4. The van der Waals surface area contributed by atoms with Crippen LogP contribution in [0.15, 0.2) is 48.4 Å². The van der Waals surface area contributed by atoms with Crippen LogP contribution in [0, 0.1) is 17.8 Å². The van der Waals surface area contributed by atoms with Crippen LogP contribution < -0.4 is 4.74 Å². The van der Waals surface area contributed by atoms with Crippen molar-refractivity contribution in [3.63, 3.8) is 0 Å². The SMILES string of the molecule is COc1cc(C2C3=CCC4C(=O)N(C)C(=O)C4C3CC3=C2C(=O)C=C(Br)C3=O)c(Br)c(Br)c1O. The van der Waals surface area contributed by atoms with E-state index in [0.717, 1.165) is 5.57 Å². The Morgan fingerprint density at radius 2 is 1.76 bits per heavy atom. The Kier molecular flexibility index (Phi) is 5.76. The number of rotatable bonds is 2. The Morgan fingerprint density at radius 3 is 2.44 bits per heavy atom. The summed E-state index contributed by atoms with van der Waals surface area (Å²) >= 11 is 10.1. The molecule has 34 heavy (non-hydrogen) atoms. The molecule has 176 valence electrons. The summed E-state index contributed by atoms with van der Waals surface area (Å²) in [6.07, 6.45) is 3.79. The average molecular weight is 656 g/mol. The van der Waals surface area contributed by atoms with Crippen LogP contribution >= 0.6 is 47.8 Å². The van der Waals surface area contributed by atoms with E-state index in [2.05, 4.69) is 47.8 Å². The van der Waals surface area contributed by atoms with Gasteiger partial charge in [-0.1, -0.05) is 11.6 Å². The number of imide groups is 1. The van der Waals surface area contributed by atoms with Gasteiger partial charge in [-0.3, -0.25) is 24.1 Å². The van der Waals surface area contributed by atoms with Crippen LogP contribution in [0.4, 0.5) is 0 Å². The van der Waals surface area contributed by atoms with Crippen LogP contribution in [-0.2, 0) is 19.2 Å². The topological polar surface area (TPSA) is 101 Å². The quantitative estimate of drug-likeness (QED) is 0.290. The summed E-state index contributed by atoms with van der Waals surface area (Å²) < 4.78 is 6.37. The number of carbonyl (C=O) groups is 4. The standard InChI is InChI=1S/C24H18Br3NO6/c1-28-23(32)9-4-3-8-10(17(9)24(28)33)5-12-18(14(29)7-13(25)21(12)30)16(8)11-6-15(34-2)22(31)20(27)19(11)26/h3,6-7,9-10,16-17,31H,4-5H2,1-2H3. The molecule has 1 aliphatic heterocycles. The summed E-state index contributed by atoms with van der Waals surface area (Å²) in [5, 5.41) is 10.5. The van der Waals surface area contributed by atoms with Gasteiger partial charge in [0.1, 0.15) is 0 Å². The van der Waals surface area contributed by atoms with Crippen molar-refractivity contribution in [1.82, 2.24) is 4.90 Å². The van der Waals surface area contributed by atoms with E-state index in [-0.39, 0.29) is 45.8 Å². The zero-order valence-electron chi connectivity index (χ0n) is 18.0. The summed E-state index contributed by atoms with van der Waals surface area (Å²) in [4.78, 5) is 53.5. The van der Waals surface area contributed by atoms with Crippen molar-refractivity contribution < 1.29 is 29.0 Å². The van der Waals surface area contributed by atoms with E-state index in [1.807, 2.05) is 6.08 Å². The fraction of sp³-hybridized carbons (Fsp3) is 0.333. The zero-order chi connectivity index (χ0) is 24.6. The maximum Gasteiger partial charge on any atom is 0.233 e. The molecular weight excluding hydrogens is 638 g/mol. The highest BCUT2D eigenvalue weighted by atomic mass is 79.9. The molecule has 0 radical (unpaired) electrons. The van der Waals surface area contributed by atoms with E-state index < -0.39 is 23.7 Å². The minimum atomic E-state index is -0.656. The van der Waals surface area contributed by atoms with E-state index in [1.54, 1.807) is 6.07 Å². The number of amides is 2. The normalized spacial score (nSPS) is 28.4. The first-order valence-corrected chi connectivity index (χ1v) is 12.9. The molecule has 1 saturated heterocycles. The van der Waals surface area contributed by atoms with Gasteiger partial charge in [0, 0.05) is 34.7 Å². The number of Topliss-reactive ketones (excluding diaryl/α,β-unsaturated/α-hetero) is 1. The molecule has 0 saturated carbocycles. The highest BCUT2D eigenvalue weighted by Crippen LogP contribution is 2.57. The third-order valence-electron chi connectivity index (χ3n) is 7.26. The monoisotopic (exact) mass is 653 g/mol. The second-order valence-electron chi connectivity index (χ2n) is 8.77. The lowest BCUT2D eigenvalue weighted by Gasteiger charge is -2.42. The van der Waals surface area contributed by atoms with Crippen molar-refractivity contribution in [3.8, 4) is 11.5 Å². The predicted octanol–water partition coefficient (Wildman–Crippen LogP) is 4.32. The number of phenols is 1. The van der Waals surface area contributed by atoms with E-state index in [0.29, 0.717) is 32.1 Å². The minimum Gasteiger partial charge on any atom is -0.503 e. The average Bonchev–Trinajstić information content (AvgIpc) is 3.04. The van der Waals surface area contributed by atoms with Gasteiger partial charge in [0.2, 0.25) is 11.8 Å². The first-order valence-electron chi connectivity index (χ1n) is 10.5. The number of phenolic OH excluding ortho intramolecular Hbond substituents is 1. The van der Waals surface area contributed by atoms with Gasteiger partial charge >= 0.3 is 0 Å². The number of methoxy groups -OCH3 is 1. The first kappa shape index (κ1) is 23.7. The van der Waals surface area contributed by atoms with Gasteiger partial charge in [-0.15, -0.1) is 0 Å². The fourth-order valence-electron chi connectivity index (χ4n) is 5.70. The molecule has 1 aromatic carbocycles. The summed E-state index contributed by atoms with van der Waals surface area (Å²) in [5.74, 6) is -3.13. The van der Waals surface area contributed by atoms with Gasteiger partial charge in [-0.2, -0.15) is 0 Å².